The van der Waals surface area contributed by atoms with E-state index in [9.17, 15) is 9.59 Å². The van der Waals surface area contributed by atoms with Crippen LogP contribution in [-0.2, 0) is 11.3 Å². The Morgan fingerprint density at radius 2 is 2.00 bits per heavy atom. The van der Waals surface area contributed by atoms with E-state index in [0.717, 1.165) is 15.8 Å². The van der Waals surface area contributed by atoms with Crippen molar-refractivity contribution in [2.45, 2.75) is 13.5 Å². The third-order valence-corrected chi connectivity index (χ3v) is 5.01. The average Bonchev–Trinajstić information content (AvgIpc) is 3.03. The molecule has 0 bridgehead atoms. The van der Waals surface area contributed by atoms with E-state index in [0.29, 0.717) is 16.2 Å². The van der Waals surface area contributed by atoms with Crippen LogP contribution in [-0.4, -0.2) is 15.4 Å². The molecule has 4 aromatic rings. The number of aromatic nitrogens is 2. The lowest BCUT2D eigenvalue weighted by Gasteiger charge is -2.07. The number of benzene rings is 1. The number of aryl methyl sites for hydroxylation is 1. The molecule has 0 N–H and O–H groups in total. The normalized spacial score (nSPS) is 11.1. The van der Waals surface area contributed by atoms with Crippen molar-refractivity contribution in [1.29, 1.82) is 0 Å². The highest BCUT2D eigenvalue weighted by molar-refractivity contribution is 7.20. The van der Waals surface area contributed by atoms with Gasteiger partial charge in [-0.25, -0.2) is 9.78 Å². The summed E-state index contributed by atoms with van der Waals surface area (Å²) in [5, 5.41) is 1.01. The minimum atomic E-state index is -0.410. The van der Waals surface area contributed by atoms with E-state index < -0.39 is 5.97 Å². The Hall–Kier alpha value is -2.99. The van der Waals surface area contributed by atoms with Crippen LogP contribution in [0.3, 0.4) is 0 Å². The second kappa shape index (κ2) is 6.14. The van der Waals surface area contributed by atoms with Gasteiger partial charge in [-0.05, 0) is 36.6 Å². The van der Waals surface area contributed by atoms with E-state index in [1.54, 1.807) is 6.07 Å². The Morgan fingerprint density at radius 1 is 1.16 bits per heavy atom. The maximum Gasteiger partial charge on any atom is 0.348 e. The van der Waals surface area contributed by atoms with Crippen LogP contribution >= 0.6 is 11.3 Å². The molecule has 124 valence electrons. The molecule has 0 saturated carbocycles. The lowest BCUT2D eigenvalue weighted by Crippen LogP contribution is -2.18. The molecule has 5 nitrogen and oxygen atoms in total. The molecule has 0 saturated heterocycles. The van der Waals surface area contributed by atoms with Gasteiger partial charge in [-0.15, -0.1) is 11.3 Å². The molecule has 1 aromatic carbocycles. The van der Waals surface area contributed by atoms with Crippen molar-refractivity contribution in [3.8, 4) is 0 Å². The summed E-state index contributed by atoms with van der Waals surface area (Å²) in [6.07, 6.45) is 0. The lowest BCUT2D eigenvalue weighted by atomic mass is 10.2. The van der Waals surface area contributed by atoms with Crippen LogP contribution in [0.4, 0.5) is 0 Å². The van der Waals surface area contributed by atoms with Gasteiger partial charge < -0.3 is 4.74 Å². The summed E-state index contributed by atoms with van der Waals surface area (Å²) < 4.78 is 7.90. The summed E-state index contributed by atoms with van der Waals surface area (Å²) in [6, 6.07) is 16.4. The first-order valence-corrected chi connectivity index (χ1v) is 8.57. The number of nitrogens with zero attached hydrogens (tertiary/aromatic N) is 2. The van der Waals surface area contributed by atoms with Gasteiger partial charge in [-0.3, -0.25) is 9.20 Å². The zero-order chi connectivity index (χ0) is 17.4. The maximum atomic E-state index is 12.3. The highest BCUT2D eigenvalue weighted by Crippen LogP contribution is 2.25. The molecule has 25 heavy (non-hydrogen) atoms. The molecule has 0 amide bonds. The van der Waals surface area contributed by atoms with Gasteiger partial charge in [0, 0.05) is 16.5 Å². The summed E-state index contributed by atoms with van der Waals surface area (Å²) in [7, 11) is 0. The molecular weight excluding hydrogens is 336 g/mol. The Kier molecular flexibility index (Phi) is 3.82. The second-order valence-electron chi connectivity index (χ2n) is 5.67. The van der Waals surface area contributed by atoms with Gasteiger partial charge in [-0.2, -0.15) is 0 Å². The Bertz CT molecular complexity index is 1130. The first-order valence-electron chi connectivity index (χ1n) is 7.76. The minimum Gasteiger partial charge on any atom is -0.455 e. The molecule has 4 rings (SSSR count). The van der Waals surface area contributed by atoms with E-state index in [1.165, 1.54) is 21.8 Å². The highest BCUT2D eigenvalue weighted by atomic mass is 32.1. The Labute approximate surface area is 147 Å². The summed E-state index contributed by atoms with van der Waals surface area (Å²) in [5.74, 6) is -0.410. The largest absolute Gasteiger partial charge is 0.455 e. The zero-order valence-electron chi connectivity index (χ0n) is 13.4. The van der Waals surface area contributed by atoms with Crippen LogP contribution in [0.2, 0.25) is 0 Å². The molecule has 6 heteroatoms. The summed E-state index contributed by atoms with van der Waals surface area (Å²) >= 11 is 1.39. The van der Waals surface area contributed by atoms with Gasteiger partial charge in [-0.1, -0.05) is 24.3 Å². The standard InChI is InChI=1S/C19H14N2O3S/c1-12-5-4-8-17-20-14(10-18(22)21(12)17)11-24-19(23)16-9-13-6-2-3-7-15(13)25-16/h2-10H,11H2,1H3. The van der Waals surface area contributed by atoms with Gasteiger partial charge in [0.2, 0.25) is 0 Å². The second-order valence-corrected chi connectivity index (χ2v) is 6.75. The average molecular weight is 350 g/mol. The number of esters is 1. The van der Waals surface area contributed by atoms with Crippen LogP contribution in [0.15, 0.2) is 59.4 Å². The fourth-order valence-corrected chi connectivity index (χ4v) is 3.69. The van der Waals surface area contributed by atoms with Gasteiger partial charge in [0.1, 0.15) is 17.1 Å². The third kappa shape index (κ3) is 2.92. The summed E-state index contributed by atoms with van der Waals surface area (Å²) in [4.78, 5) is 29.4. The molecule has 0 aliphatic carbocycles. The molecule has 0 atom stereocenters. The first-order chi connectivity index (χ1) is 12.1. The quantitative estimate of drug-likeness (QED) is 0.530. The van der Waals surface area contributed by atoms with E-state index in [4.69, 9.17) is 4.74 Å². The van der Waals surface area contributed by atoms with Crippen molar-refractivity contribution in [1.82, 2.24) is 9.38 Å². The van der Waals surface area contributed by atoms with Crippen molar-refractivity contribution >= 4 is 33.0 Å². The first kappa shape index (κ1) is 15.5. The van der Waals surface area contributed by atoms with Crippen LogP contribution in [0.1, 0.15) is 21.1 Å². The molecule has 3 aromatic heterocycles. The molecule has 0 aliphatic rings. The topological polar surface area (TPSA) is 60.7 Å². The molecule has 0 unspecified atom stereocenters. The van der Waals surface area contributed by atoms with E-state index in [1.807, 2.05) is 49.4 Å². The van der Waals surface area contributed by atoms with Gasteiger partial charge in [0.15, 0.2) is 0 Å². The number of hydrogen-bond acceptors (Lipinski definition) is 5. The number of thiophene rings is 1. The highest BCUT2D eigenvalue weighted by Gasteiger charge is 2.13. The Morgan fingerprint density at radius 3 is 2.84 bits per heavy atom. The van der Waals surface area contributed by atoms with Gasteiger partial charge in [0.05, 0.1) is 5.69 Å². The number of carbonyl (C=O) groups is 1. The number of carbonyl (C=O) groups excluding carboxylic acids is 1. The summed E-state index contributed by atoms with van der Waals surface area (Å²) in [5.41, 5.74) is 1.60. The van der Waals surface area contributed by atoms with Crippen molar-refractivity contribution in [3.05, 3.63) is 81.2 Å². The number of pyridine rings is 1. The fourth-order valence-electron chi connectivity index (χ4n) is 2.73. The lowest BCUT2D eigenvalue weighted by molar-refractivity contribution is 0.0473. The maximum absolute atomic E-state index is 12.3. The predicted molar refractivity (Wildman–Crippen MR) is 97.1 cm³/mol. The van der Waals surface area contributed by atoms with Crippen LogP contribution in [0.25, 0.3) is 15.7 Å². The molecular formula is C19H14N2O3S. The third-order valence-electron chi connectivity index (χ3n) is 3.91. The Balaban J connectivity index is 1.57. The van der Waals surface area contributed by atoms with E-state index >= 15 is 0 Å². The minimum absolute atomic E-state index is 0.0350. The monoisotopic (exact) mass is 350 g/mol. The molecule has 0 spiro atoms. The molecule has 0 aliphatic heterocycles. The van der Waals surface area contributed by atoms with Crippen molar-refractivity contribution < 1.29 is 9.53 Å². The van der Waals surface area contributed by atoms with Crippen molar-refractivity contribution in [2.24, 2.45) is 0 Å². The van der Waals surface area contributed by atoms with E-state index in [-0.39, 0.29) is 12.2 Å². The number of ether oxygens (including phenoxy) is 1. The van der Waals surface area contributed by atoms with E-state index in [2.05, 4.69) is 4.98 Å². The van der Waals surface area contributed by atoms with Crippen LogP contribution in [0.5, 0.6) is 0 Å². The SMILES string of the molecule is Cc1cccc2nc(COC(=O)c3cc4ccccc4s3)cc(=O)n12. The number of rotatable bonds is 3. The number of fused-ring (bicyclic) bond motifs is 2. The molecule has 0 radical (unpaired) electrons. The predicted octanol–water partition coefficient (Wildman–Crippen LogP) is 3.57. The zero-order valence-corrected chi connectivity index (χ0v) is 14.2. The molecule has 3 heterocycles. The van der Waals surface area contributed by atoms with Gasteiger partial charge >= 0.3 is 5.97 Å². The summed E-state index contributed by atoms with van der Waals surface area (Å²) in [6.45, 7) is 1.81. The fraction of sp³-hybridized carbons (Fsp3) is 0.105. The smallest absolute Gasteiger partial charge is 0.348 e. The van der Waals surface area contributed by atoms with Crippen LogP contribution < -0.4 is 5.56 Å². The van der Waals surface area contributed by atoms with Crippen molar-refractivity contribution in [3.63, 3.8) is 0 Å². The molecule has 0 fully saturated rings. The number of hydrogen-bond donors (Lipinski definition) is 0. The van der Waals surface area contributed by atoms with Gasteiger partial charge in [0.25, 0.3) is 5.56 Å². The van der Waals surface area contributed by atoms with Crippen LogP contribution in [0, 0.1) is 6.92 Å². The van der Waals surface area contributed by atoms with Crippen molar-refractivity contribution in [2.75, 3.05) is 0 Å².